The normalized spacial score (nSPS) is 14.1. The second kappa shape index (κ2) is 11.4. The topological polar surface area (TPSA) is 120 Å². The Hall–Kier alpha value is -3.53. The lowest BCUT2D eigenvalue weighted by Crippen LogP contribution is -2.35. The van der Waals surface area contributed by atoms with Crippen LogP contribution in [0.2, 0.25) is 5.02 Å². The molecule has 1 aromatic carbocycles. The molecule has 5 rings (SSSR count). The Morgan fingerprint density at radius 1 is 1.22 bits per heavy atom. The second-order valence-corrected chi connectivity index (χ2v) is 11.4. The summed E-state index contributed by atoms with van der Waals surface area (Å²) in [5.41, 5.74) is 0.333. The fourth-order valence-electron chi connectivity index (χ4n) is 4.30. The van der Waals surface area contributed by atoms with Gasteiger partial charge in [0.1, 0.15) is 5.69 Å². The van der Waals surface area contributed by atoms with Gasteiger partial charge in [0.05, 0.1) is 34.7 Å². The molecular formula is C26H23ClF3IN8O2. The van der Waals surface area contributed by atoms with Gasteiger partial charge in [0.15, 0.2) is 11.5 Å². The van der Waals surface area contributed by atoms with E-state index >= 15 is 0 Å². The van der Waals surface area contributed by atoms with Crippen molar-refractivity contribution in [1.29, 1.82) is 0 Å². The predicted octanol–water partition coefficient (Wildman–Crippen LogP) is 5.27. The van der Waals surface area contributed by atoms with E-state index in [1.54, 1.807) is 25.1 Å². The van der Waals surface area contributed by atoms with E-state index in [0.29, 0.717) is 22.7 Å². The number of pyridine rings is 1. The van der Waals surface area contributed by atoms with Crippen molar-refractivity contribution in [2.45, 2.75) is 45.5 Å². The molecule has 1 fully saturated rings. The third-order valence-electron chi connectivity index (χ3n) is 6.56. The highest BCUT2D eigenvalue weighted by Crippen LogP contribution is 2.33. The molecule has 0 spiro atoms. The Morgan fingerprint density at radius 3 is 2.63 bits per heavy atom. The number of rotatable bonds is 8. The fraction of sp³-hybridized carbons (Fsp3) is 0.308. The number of hydrogen-bond acceptors (Lipinski definition) is 6. The van der Waals surface area contributed by atoms with Crippen LogP contribution in [0, 0.1) is 16.4 Å². The monoisotopic (exact) mass is 698 g/mol. The quantitative estimate of drug-likeness (QED) is 0.242. The summed E-state index contributed by atoms with van der Waals surface area (Å²) in [5.74, 6) is -0.367. The van der Waals surface area contributed by atoms with Gasteiger partial charge in [-0.3, -0.25) is 9.59 Å². The van der Waals surface area contributed by atoms with E-state index in [2.05, 4.69) is 53.6 Å². The van der Waals surface area contributed by atoms with Crippen LogP contribution in [0.25, 0.3) is 5.82 Å². The van der Waals surface area contributed by atoms with Crippen LogP contribution in [-0.2, 0) is 12.7 Å². The maximum atomic E-state index is 13.7. The van der Waals surface area contributed by atoms with Crippen LogP contribution in [-0.4, -0.2) is 47.6 Å². The number of nitrogens with zero attached hydrogens (tertiary/aromatic N) is 6. The molecule has 3 aromatic heterocycles. The number of nitrogens with one attached hydrogen (secondary N) is 2. The van der Waals surface area contributed by atoms with Crippen LogP contribution in [0.3, 0.4) is 0 Å². The molecule has 1 aliphatic rings. The molecule has 2 amide bonds. The minimum Gasteiger partial charge on any atom is -0.349 e. The number of carbonyl (C=O) groups is 2. The van der Waals surface area contributed by atoms with E-state index in [-0.39, 0.29) is 40.7 Å². The van der Waals surface area contributed by atoms with Gasteiger partial charge < -0.3 is 10.6 Å². The van der Waals surface area contributed by atoms with Gasteiger partial charge >= 0.3 is 6.18 Å². The zero-order valence-corrected chi connectivity index (χ0v) is 24.6. The van der Waals surface area contributed by atoms with E-state index in [1.165, 1.54) is 16.9 Å². The molecule has 3 heterocycles. The van der Waals surface area contributed by atoms with Gasteiger partial charge in [-0.1, -0.05) is 16.8 Å². The highest BCUT2D eigenvalue weighted by atomic mass is 127. The maximum absolute atomic E-state index is 13.7. The minimum atomic E-state index is -4.66. The molecule has 2 N–H and O–H groups in total. The van der Waals surface area contributed by atoms with Crippen molar-refractivity contribution in [3.05, 3.63) is 79.5 Å². The molecule has 0 radical (unpaired) electrons. The smallest absolute Gasteiger partial charge is 0.349 e. The first kappa shape index (κ1) is 29.0. The first-order valence-corrected chi connectivity index (χ1v) is 14.0. The van der Waals surface area contributed by atoms with Crippen molar-refractivity contribution >= 4 is 51.7 Å². The van der Waals surface area contributed by atoms with Crippen molar-refractivity contribution in [3.8, 4) is 5.82 Å². The molecule has 15 heteroatoms. The Balaban J connectivity index is 1.49. The molecule has 1 unspecified atom stereocenters. The van der Waals surface area contributed by atoms with Crippen molar-refractivity contribution in [1.82, 2.24) is 35.1 Å². The number of amides is 2. The molecule has 41 heavy (non-hydrogen) atoms. The lowest BCUT2D eigenvalue weighted by molar-refractivity contribution is -0.141. The highest BCUT2D eigenvalue weighted by molar-refractivity contribution is 14.1. The van der Waals surface area contributed by atoms with Crippen LogP contribution in [0.1, 0.15) is 57.6 Å². The number of anilines is 1. The van der Waals surface area contributed by atoms with E-state index < -0.39 is 17.8 Å². The first-order chi connectivity index (χ1) is 19.4. The summed E-state index contributed by atoms with van der Waals surface area (Å²) in [5, 5.41) is 17.1. The van der Waals surface area contributed by atoms with Crippen LogP contribution < -0.4 is 10.6 Å². The van der Waals surface area contributed by atoms with Gasteiger partial charge in [-0.2, -0.15) is 18.3 Å². The summed E-state index contributed by atoms with van der Waals surface area (Å²) in [6.45, 7) is 3.52. The highest BCUT2D eigenvalue weighted by Gasteiger charge is 2.34. The number of halogens is 5. The van der Waals surface area contributed by atoms with Gasteiger partial charge in [0.2, 0.25) is 0 Å². The molecule has 0 bridgehead atoms. The maximum Gasteiger partial charge on any atom is 0.436 e. The third-order valence-corrected chi connectivity index (χ3v) is 7.47. The third kappa shape index (κ3) is 6.53. The van der Waals surface area contributed by atoms with Crippen LogP contribution in [0.15, 0.2) is 42.7 Å². The van der Waals surface area contributed by atoms with Crippen molar-refractivity contribution in [3.63, 3.8) is 0 Å². The van der Waals surface area contributed by atoms with Gasteiger partial charge in [-0.25, -0.2) is 14.3 Å². The standard InChI is InChI=1S/C26H23ClF3IN8O2/c1-13-8-16(31)9-18(24(40)33-14(2)15-5-6-15)22(13)34-25(41)20-10-17(11-38-12-21(35-37-38)26(28,29)30)36-39(20)23-19(27)4-3-7-32-23/h3-4,7-10,12,14-15H,5-6,11H2,1-2H3,(H,33,40)(H,34,41). The van der Waals surface area contributed by atoms with Gasteiger partial charge in [0, 0.05) is 15.8 Å². The molecule has 214 valence electrons. The Bertz CT molecular complexity index is 1630. The minimum absolute atomic E-state index is 0.00541. The summed E-state index contributed by atoms with van der Waals surface area (Å²) >= 11 is 8.45. The molecular weight excluding hydrogens is 676 g/mol. The second-order valence-electron chi connectivity index (χ2n) is 9.74. The number of aryl methyl sites for hydroxylation is 1. The van der Waals surface area contributed by atoms with E-state index in [9.17, 15) is 22.8 Å². The SMILES string of the molecule is Cc1cc(I)cc(C(=O)NC(C)C2CC2)c1NC(=O)c1cc(Cn2cc(C(F)(F)F)nn2)nn1-c1ncccc1Cl. The van der Waals surface area contributed by atoms with Crippen LogP contribution >= 0.6 is 34.2 Å². The molecule has 1 saturated carbocycles. The Kier molecular flexibility index (Phi) is 8.05. The van der Waals surface area contributed by atoms with E-state index in [1.807, 2.05) is 13.0 Å². The van der Waals surface area contributed by atoms with Crippen LogP contribution in [0.4, 0.5) is 18.9 Å². The number of benzene rings is 1. The summed E-state index contributed by atoms with van der Waals surface area (Å²) < 4.78 is 42.0. The molecule has 0 aliphatic heterocycles. The molecule has 10 nitrogen and oxygen atoms in total. The predicted molar refractivity (Wildman–Crippen MR) is 152 cm³/mol. The summed E-state index contributed by atoms with van der Waals surface area (Å²) in [6.07, 6.45) is -0.329. The average molecular weight is 699 g/mol. The number of alkyl halides is 3. The van der Waals surface area contributed by atoms with Crippen molar-refractivity contribution in [2.75, 3.05) is 5.32 Å². The van der Waals surface area contributed by atoms with Gasteiger partial charge in [-0.15, -0.1) is 5.10 Å². The molecule has 0 saturated heterocycles. The Morgan fingerprint density at radius 2 is 1.98 bits per heavy atom. The first-order valence-electron chi connectivity index (χ1n) is 12.5. The average Bonchev–Trinajstić information content (AvgIpc) is 3.51. The molecule has 1 atom stereocenters. The number of aromatic nitrogens is 6. The lowest BCUT2D eigenvalue weighted by atomic mass is 10.1. The molecule has 4 aromatic rings. The largest absolute Gasteiger partial charge is 0.436 e. The van der Waals surface area contributed by atoms with Crippen molar-refractivity contribution in [2.24, 2.45) is 5.92 Å². The summed E-state index contributed by atoms with van der Waals surface area (Å²) in [6, 6.07) is 8.08. The zero-order valence-electron chi connectivity index (χ0n) is 21.7. The van der Waals surface area contributed by atoms with Crippen molar-refractivity contribution < 1.29 is 22.8 Å². The lowest BCUT2D eigenvalue weighted by Gasteiger charge is -2.18. The zero-order chi connectivity index (χ0) is 29.5. The van der Waals surface area contributed by atoms with Crippen LogP contribution in [0.5, 0.6) is 0 Å². The summed E-state index contributed by atoms with van der Waals surface area (Å²) in [4.78, 5) is 31.2. The fourth-order valence-corrected chi connectivity index (χ4v) is 5.28. The number of hydrogen-bond donors (Lipinski definition) is 2. The van der Waals surface area contributed by atoms with Gasteiger partial charge in [0.25, 0.3) is 11.8 Å². The van der Waals surface area contributed by atoms with E-state index in [0.717, 1.165) is 27.3 Å². The molecule has 1 aliphatic carbocycles. The number of carbonyl (C=O) groups excluding carboxylic acids is 2. The van der Waals surface area contributed by atoms with Gasteiger partial charge in [-0.05, 0) is 91.1 Å². The summed E-state index contributed by atoms with van der Waals surface area (Å²) in [7, 11) is 0. The van der Waals surface area contributed by atoms with E-state index in [4.69, 9.17) is 11.6 Å². The Labute approximate surface area is 250 Å².